The molecule has 5 heteroatoms. The van der Waals surface area contributed by atoms with Gasteiger partial charge in [-0.15, -0.1) is 0 Å². The van der Waals surface area contributed by atoms with Gasteiger partial charge in [0.2, 0.25) is 8.32 Å². The quantitative estimate of drug-likeness (QED) is 0.667. The average molecular weight is 351 g/mol. The van der Waals surface area contributed by atoms with Crippen molar-refractivity contribution >= 4 is 13.5 Å². The molecule has 1 heterocycles. The minimum Gasteiger partial charge on any atom is -0.870 e. The van der Waals surface area contributed by atoms with E-state index >= 15 is 0 Å². The van der Waals surface area contributed by atoms with Crippen LogP contribution in [0.15, 0.2) is 30.3 Å². The number of piperazine rings is 1. The van der Waals surface area contributed by atoms with Crippen LogP contribution in [0.25, 0.3) is 0 Å². The van der Waals surface area contributed by atoms with Crippen molar-refractivity contribution in [3.8, 4) is 0 Å². The molecule has 24 heavy (non-hydrogen) atoms. The Morgan fingerprint density at radius 2 is 1.62 bits per heavy atom. The molecule has 1 aromatic carbocycles. The number of quaternary nitrogens is 1. The van der Waals surface area contributed by atoms with Crippen molar-refractivity contribution < 1.29 is 14.8 Å². The van der Waals surface area contributed by atoms with Crippen LogP contribution in [-0.2, 0) is 0 Å². The highest BCUT2D eigenvalue weighted by Crippen LogP contribution is 2.36. The van der Waals surface area contributed by atoms with Gasteiger partial charge in [0.1, 0.15) is 0 Å². The second kappa shape index (κ2) is 8.10. The average Bonchev–Trinajstić information content (AvgIpc) is 2.58. The summed E-state index contributed by atoms with van der Waals surface area (Å²) in [5.41, 5.74) is 0.545. The van der Waals surface area contributed by atoms with Crippen molar-refractivity contribution in [1.29, 1.82) is 0 Å². The molecule has 4 nitrogen and oxygen atoms in total. The lowest BCUT2D eigenvalue weighted by molar-refractivity contribution is -0.894. The topological polar surface area (TPSA) is 53.5 Å². The summed E-state index contributed by atoms with van der Waals surface area (Å²) in [4.78, 5) is 14.4. The molecule has 0 spiro atoms. The lowest BCUT2D eigenvalue weighted by Crippen LogP contribution is -2.64. The van der Waals surface area contributed by atoms with Crippen LogP contribution in [0.3, 0.4) is 0 Å². The maximum absolute atomic E-state index is 11.9. The summed E-state index contributed by atoms with van der Waals surface area (Å²) in [6.07, 6.45) is 7.35. The van der Waals surface area contributed by atoms with Gasteiger partial charge in [0.05, 0.1) is 27.2 Å². The van der Waals surface area contributed by atoms with Gasteiger partial charge in [0.25, 0.3) is 0 Å². The molecule has 0 bridgehead atoms. The highest BCUT2D eigenvalue weighted by molar-refractivity contribution is 6.86. The molecule has 2 N–H and O–H groups in total. The monoisotopic (exact) mass is 350 g/mol. The van der Waals surface area contributed by atoms with Crippen molar-refractivity contribution in [1.82, 2.24) is 4.90 Å². The fourth-order valence-corrected chi connectivity index (χ4v) is 8.35. The van der Waals surface area contributed by atoms with Crippen LogP contribution in [0.2, 0.25) is 5.54 Å². The molecule has 1 saturated heterocycles. The van der Waals surface area contributed by atoms with E-state index in [9.17, 15) is 4.80 Å². The Labute approximate surface area is 148 Å². The molecule has 1 aliphatic heterocycles. The summed E-state index contributed by atoms with van der Waals surface area (Å²) in [5, 5.41) is 1.26. The summed E-state index contributed by atoms with van der Waals surface area (Å²) < 4.78 is 1.12. The van der Waals surface area contributed by atoms with E-state index in [2.05, 4.69) is 49.3 Å². The van der Waals surface area contributed by atoms with Crippen LogP contribution in [0.4, 0.5) is 0 Å². The Morgan fingerprint density at radius 3 is 2.21 bits per heavy atom. The van der Waals surface area contributed by atoms with Crippen LogP contribution >= 0.6 is 0 Å². The van der Waals surface area contributed by atoms with Crippen molar-refractivity contribution in [2.45, 2.75) is 37.6 Å². The molecule has 1 atom stereocenters. The van der Waals surface area contributed by atoms with Gasteiger partial charge in [-0.05, 0) is 10.7 Å². The van der Waals surface area contributed by atoms with E-state index in [4.69, 9.17) is 0 Å². The minimum atomic E-state index is -2.44. The molecule has 0 aromatic heterocycles. The standard InChI is InChI=1S/C19H33N2OSi.H2O/c1-21(2)15-13-20(14-16-21)17-23(22,18-9-5-3-6-10-18)19-11-7-4-8-12-19;/h3,5-6,9-10,19,22H,4,7-8,11-17H2,1-2H3;1H2/q+1;/p-1. The highest BCUT2D eigenvalue weighted by Gasteiger charge is 2.44. The first kappa shape index (κ1) is 19.6. The zero-order chi connectivity index (χ0) is 16.3. The van der Waals surface area contributed by atoms with Gasteiger partial charge in [-0.3, -0.25) is 4.90 Å². The molecular formula is C19H34N2O2Si. The van der Waals surface area contributed by atoms with Crippen LogP contribution in [-0.4, -0.2) is 74.4 Å². The Bertz CT molecular complexity index is 495. The second-order valence-electron chi connectivity index (χ2n) is 8.28. The van der Waals surface area contributed by atoms with Crippen LogP contribution < -0.4 is 5.19 Å². The van der Waals surface area contributed by atoms with Gasteiger partial charge >= 0.3 is 0 Å². The predicted octanol–water partition coefficient (Wildman–Crippen LogP) is 1.92. The third-order valence-electron chi connectivity index (χ3n) is 6.06. The lowest BCUT2D eigenvalue weighted by Gasteiger charge is -2.44. The maximum atomic E-state index is 11.9. The number of hydrogen-bond donors (Lipinski definition) is 1. The molecule has 0 amide bonds. The van der Waals surface area contributed by atoms with Crippen LogP contribution in [0.5, 0.6) is 0 Å². The predicted molar refractivity (Wildman–Crippen MR) is 101 cm³/mol. The molecule has 136 valence electrons. The van der Waals surface area contributed by atoms with Gasteiger partial charge in [-0.2, -0.15) is 0 Å². The third kappa shape index (κ3) is 4.46. The van der Waals surface area contributed by atoms with Crippen LogP contribution in [0.1, 0.15) is 32.1 Å². The van der Waals surface area contributed by atoms with Crippen molar-refractivity contribution in [2.75, 3.05) is 46.4 Å². The molecule has 1 unspecified atom stereocenters. The van der Waals surface area contributed by atoms with E-state index < -0.39 is 8.32 Å². The Balaban J connectivity index is 0.00000208. The molecule has 0 radical (unpaired) electrons. The lowest BCUT2D eigenvalue weighted by atomic mass is 10.0. The van der Waals surface area contributed by atoms with Gasteiger partial charge in [-0.1, -0.05) is 62.4 Å². The van der Waals surface area contributed by atoms with Crippen molar-refractivity contribution in [2.24, 2.45) is 0 Å². The zero-order valence-electron chi connectivity index (χ0n) is 15.3. The number of nitrogens with zero attached hydrogens (tertiary/aromatic N) is 2. The summed E-state index contributed by atoms with van der Waals surface area (Å²) in [5.74, 6) is 0. The van der Waals surface area contributed by atoms with E-state index in [0.29, 0.717) is 5.54 Å². The fraction of sp³-hybridized carbons (Fsp3) is 0.684. The first-order valence-electron chi connectivity index (χ1n) is 9.32. The molecular weight excluding hydrogens is 316 g/mol. The van der Waals surface area contributed by atoms with Crippen molar-refractivity contribution in [3.63, 3.8) is 0 Å². The number of likely N-dealkylation sites (N-methyl/N-ethyl adjacent to an activating group) is 1. The fourth-order valence-electron chi connectivity index (χ4n) is 4.31. The Hall–Kier alpha value is -0.723. The second-order valence-corrected chi connectivity index (χ2v) is 11.8. The van der Waals surface area contributed by atoms with Gasteiger partial charge in [0, 0.05) is 19.3 Å². The molecule has 2 aliphatic rings. The summed E-state index contributed by atoms with van der Waals surface area (Å²) >= 11 is 0. The Kier molecular flexibility index (Phi) is 6.62. The molecule has 2 fully saturated rings. The smallest absolute Gasteiger partial charge is 0.237 e. The first-order valence-corrected chi connectivity index (χ1v) is 11.6. The highest BCUT2D eigenvalue weighted by atomic mass is 28.4. The van der Waals surface area contributed by atoms with E-state index in [1.54, 1.807) is 0 Å². The SMILES string of the molecule is C[N+]1(C)CCN(C[Si](O)(c2ccccc2)C2CCCCC2)CC1.[OH-]. The van der Waals surface area contributed by atoms with Gasteiger partial charge in [-0.25, -0.2) is 0 Å². The summed E-state index contributed by atoms with van der Waals surface area (Å²) in [6, 6.07) is 10.6. The van der Waals surface area contributed by atoms with Crippen LogP contribution in [0, 0.1) is 0 Å². The van der Waals surface area contributed by atoms with E-state index in [0.717, 1.165) is 23.7 Å². The first-order chi connectivity index (χ1) is 11.0. The third-order valence-corrected chi connectivity index (χ3v) is 10.3. The summed E-state index contributed by atoms with van der Waals surface area (Å²) in [7, 11) is 2.20. The van der Waals surface area contributed by atoms with Gasteiger partial charge in [0.15, 0.2) is 0 Å². The molecule has 3 rings (SSSR count). The molecule has 1 aromatic rings. The largest absolute Gasteiger partial charge is 0.870 e. The summed E-state index contributed by atoms with van der Waals surface area (Å²) in [6.45, 7) is 4.65. The van der Waals surface area contributed by atoms with Crippen molar-refractivity contribution in [3.05, 3.63) is 30.3 Å². The zero-order valence-corrected chi connectivity index (χ0v) is 16.3. The van der Waals surface area contributed by atoms with E-state index in [1.165, 1.54) is 50.4 Å². The van der Waals surface area contributed by atoms with E-state index in [1.807, 2.05) is 0 Å². The molecule has 1 aliphatic carbocycles. The maximum Gasteiger partial charge on any atom is 0.237 e. The number of rotatable bonds is 4. The number of hydrogen-bond acceptors (Lipinski definition) is 3. The Morgan fingerprint density at radius 1 is 1.04 bits per heavy atom. The van der Waals surface area contributed by atoms with E-state index in [-0.39, 0.29) is 5.48 Å². The van der Waals surface area contributed by atoms with Gasteiger partial charge < -0.3 is 14.8 Å². The minimum absolute atomic E-state index is 0. The molecule has 1 saturated carbocycles. The normalized spacial score (nSPS) is 24.8. The number of benzene rings is 1.